The van der Waals surface area contributed by atoms with E-state index in [2.05, 4.69) is 25.8 Å². The lowest BCUT2D eigenvalue weighted by atomic mass is 10.3. The minimum Gasteiger partial charge on any atom is -0.481 e. The van der Waals surface area contributed by atoms with Gasteiger partial charge in [0.05, 0.1) is 13.7 Å². The van der Waals surface area contributed by atoms with Crippen LogP contribution < -0.4 is 15.4 Å². The minimum absolute atomic E-state index is 0.406. The van der Waals surface area contributed by atoms with Gasteiger partial charge in [-0.15, -0.1) is 5.10 Å². The van der Waals surface area contributed by atoms with Crippen LogP contribution in [0.15, 0.2) is 22.7 Å². The lowest BCUT2D eigenvalue weighted by Gasteiger charge is -2.02. The maximum absolute atomic E-state index is 5.41. The van der Waals surface area contributed by atoms with Crippen molar-refractivity contribution in [2.24, 2.45) is 0 Å². The fourth-order valence-electron chi connectivity index (χ4n) is 1.44. The first-order valence-electron chi connectivity index (χ1n) is 6.07. The SMILES string of the molecule is CCNCc1nnc(NCc2ccc(OC)nc2)o1. The summed E-state index contributed by atoms with van der Waals surface area (Å²) in [5.74, 6) is 1.16. The maximum Gasteiger partial charge on any atom is 0.315 e. The molecule has 0 atom stereocenters. The second kappa shape index (κ2) is 6.69. The normalized spacial score (nSPS) is 10.4. The summed E-state index contributed by atoms with van der Waals surface area (Å²) < 4.78 is 10.4. The Hall–Kier alpha value is -2.15. The largest absolute Gasteiger partial charge is 0.481 e. The van der Waals surface area contributed by atoms with E-state index in [1.54, 1.807) is 19.4 Å². The van der Waals surface area contributed by atoms with Gasteiger partial charge in [0.2, 0.25) is 11.8 Å². The highest BCUT2D eigenvalue weighted by atomic mass is 16.5. The van der Waals surface area contributed by atoms with Gasteiger partial charge in [0.25, 0.3) is 0 Å². The fourth-order valence-corrected chi connectivity index (χ4v) is 1.44. The summed E-state index contributed by atoms with van der Waals surface area (Å²) >= 11 is 0. The predicted molar refractivity (Wildman–Crippen MR) is 69.8 cm³/mol. The number of nitrogens with zero attached hydrogens (tertiary/aromatic N) is 3. The average Bonchev–Trinajstić information content (AvgIpc) is 2.91. The molecule has 0 spiro atoms. The van der Waals surface area contributed by atoms with Gasteiger partial charge in [-0.05, 0) is 12.1 Å². The molecule has 0 aromatic carbocycles. The van der Waals surface area contributed by atoms with Crippen LogP contribution in [0.25, 0.3) is 0 Å². The van der Waals surface area contributed by atoms with E-state index in [4.69, 9.17) is 9.15 Å². The molecule has 0 unspecified atom stereocenters. The van der Waals surface area contributed by atoms with Crippen LogP contribution in [0.4, 0.5) is 6.01 Å². The van der Waals surface area contributed by atoms with Crippen LogP contribution in [0.1, 0.15) is 18.4 Å². The Morgan fingerprint density at radius 3 is 2.84 bits per heavy atom. The van der Waals surface area contributed by atoms with E-state index in [0.29, 0.717) is 30.9 Å². The van der Waals surface area contributed by atoms with Crippen molar-refractivity contribution in [3.8, 4) is 5.88 Å². The van der Waals surface area contributed by atoms with Gasteiger partial charge in [-0.1, -0.05) is 18.1 Å². The van der Waals surface area contributed by atoms with Crippen molar-refractivity contribution in [2.45, 2.75) is 20.0 Å². The molecule has 2 N–H and O–H groups in total. The van der Waals surface area contributed by atoms with Crippen LogP contribution in [0.5, 0.6) is 5.88 Å². The number of aromatic nitrogens is 3. The number of methoxy groups -OCH3 is 1. The van der Waals surface area contributed by atoms with Gasteiger partial charge >= 0.3 is 6.01 Å². The summed E-state index contributed by atoms with van der Waals surface area (Å²) in [6.45, 7) is 4.03. The second-order valence-electron chi connectivity index (χ2n) is 3.84. The number of pyridine rings is 1. The van der Waals surface area contributed by atoms with Gasteiger partial charge in [-0.2, -0.15) is 0 Å². The minimum atomic E-state index is 0.406. The van der Waals surface area contributed by atoms with Crippen LogP contribution >= 0.6 is 0 Å². The number of hydrogen-bond acceptors (Lipinski definition) is 7. The van der Waals surface area contributed by atoms with Crippen LogP contribution in [0.2, 0.25) is 0 Å². The monoisotopic (exact) mass is 263 g/mol. The number of rotatable bonds is 7. The fraction of sp³-hybridized carbons (Fsp3) is 0.417. The molecule has 0 fully saturated rings. The highest BCUT2D eigenvalue weighted by Crippen LogP contribution is 2.10. The van der Waals surface area contributed by atoms with E-state index < -0.39 is 0 Å². The van der Waals surface area contributed by atoms with E-state index in [1.165, 1.54) is 0 Å². The molecule has 2 rings (SSSR count). The van der Waals surface area contributed by atoms with Gasteiger partial charge in [0.15, 0.2) is 0 Å². The molecule has 0 saturated heterocycles. The first-order valence-corrected chi connectivity index (χ1v) is 6.07. The number of anilines is 1. The lowest BCUT2D eigenvalue weighted by Crippen LogP contribution is -2.11. The first kappa shape index (κ1) is 13.3. The quantitative estimate of drug-likeness (QED) is 0.776. The summed E-state index contributed by atoms with van der Waals surface area (Å²) in [6.07, 6.45) is 1.74. The van der Waals surface area contributed by atoms with Gasteiger partial charge < -0.3 is 19.8 Å². The van der Waals surface area contributed by atoms with E-state index in [0.717, 1.165) is 12.1 Å². The first-order chi connectivity index (χ1) is 9.31. The third kappa shape index (κ3) is 3.92. The van der Waals surface area contributed by atoms with Gasteiger partial charge in [-0.25, -0.2) is 4.98 Å². The van der Waals surface area contributed by atoms with Gasteiger partial charge in [-0.3, -0.25) is 0 Å². The zero-order chi connectivity index (χ0) is 13.5. The molecule has 0 radical (unpaired) electrons. The molecule has 0 aliphatic carbocycles. The van der Waals surface area contributed by atoms with Crippen LogP contribution in [0.3, 0.4) is 0 Å². The molecular formula is C12H17N5O2. The molecule has 7 heteroatoms. The number of hydrogen-bond donors (Lipinski definition) is 2. The Kier molecular flexibility index (Phi) is 4.68. The zero-order valence-electron chi connectivity index (χ0n) is 11.0. The Morgan fingerprint density at radius 1 is 1.26 bits per heavy atom. The average molecular weight is 263 g/mol. The van der Waals surface area contributed by atoms with Crippen molar-refractivity contribution >= 4 is 6.01 Å². The second-order valence-corrected chi connectivity index (χ2v) is 3.84. The van der Waals surface area contributed by atoms with Crippen molar-refractivity contribution in [3.63, 3.8) is 0 Å². The summed E-state index contributed by atoms with van der Waals surface area (Å²) in [7, 11) is 1.59. The number of nitrogens with one attached hydrogen (secondary N) is 2. The summed E-state index contributed by atoms with van der Waals surface area (Å²) in [6, 6.07) is 4.14. The van der Waals surface area contributed by atoms with Crippen molar-refractivity contribution < 1.29 is 9.15 Å². The molecule has 2 heterocycles. The van der Waals surface area contributed by atoms with Crippen molar-refractivity contribution in [3.05, 3.63) is 29.8 Å². The summed E-state index contributed by atoms with van der Waals surface area (Å²) in [5, 5.41) is 14.0. The van der Waals surface area contributed by atoms with Gasteiger partial charge in [0.1, 0.15) is 0 Å². The summed E-state index contributed by atoms with van der Waals surface area (Å²) in [5.41, 5.74) is 1.01. The highest BCUT2D eigenvalue weighted by molar-refractivity contribution is 5.24. The molecule has 0 saturated carbocycles. The molecule has 102 valence electrons. The van der Waals surface area contributed by atoms with Crippen LogP contribution in [-0.2, 0) is 13.1 Å². The van der Waals surface area contributed by atoms with E-state index >= 15 is 0 Å². The molecule has 2 aromatic rings. The van der Waals surface area contributed by atoms with E-state index in [-0.39, 0.29) is 0 Å². The third-order valence-electron chi connectivity index (χ3n) is 2.44. The standard InChI is InChI=1S/C12H17N5O2/c1-3-13-8-11-16-17-12(19-11)15-7-9-4-5-10(18-2)14-6-9/h4-6,13H,3,7-8H2,1-2H3,(H,15,17). The van der Waals surface area contributed by atoms with Crippen molar-refractivity contribution in [2.75, 3.05) is 19.0 Å². The smallest absolute Gasteiger partial charge is 0.315 e. The third-order valence-corrected chi connectivity index (χ3v) is 2.44. The maximum atomic E-state index is 5.41. The number of ether oxygens (including phenoxy) is 1. The Morgan fingerprint density at radius 2 is 2.16 bits per heavy atom. The topological polar surface area (TPSA) is 85.1 Å². The molecule has 2 aromatic heterocycles. The Labute approximate surface area is 111 Å². The summed E-state index contributed by atoms with van der Waals surface area (Å²) in [4.78, 5) is 4.12. The molecule has 0 amide bonds. The van der Waals surface area contributed by atoms with Crippen molar-refractivity contribution in [1.82, 2.24) is 20.5 Å². The zero-order valence-corrected chi connectivity index (χ0v) is 11.0. The molecule has 19 heavy (non-hydrogen) atoms. The van der Waals surface area contributed by atoms with Crippen LogP contribution in [0, 0.1) is 0 Å². The predicted octanol–water partition coefficient (Wildman–Crippen LogP) is 1.19. The Balaban J connectivity index is 1.85. The molecule has 7 nitrogen and oxygen atoms in total. The van der Waals surface area contributed by atoms with E-state index in [9.17, 15) is 0 Å². The highest BCUT2D eigenvalue weighted by Gasteiger charge is 2.05. The molecule has 0 aliphatic heterocycles. The van der Waals surface area contributed by atoms with Gasteiger partial charge in [0, 0.05) is 18.8 Å². The molecule has 0 aliphatic rings. The molecule has 0 bridgehead atoms. The Bertz CT molecular complexity index is 497. The lowest BCUT2D eigenvalue weighted by molar-refractivity contribution is 0.397. The molecular weight excluding hydrogens is 246 g/mol. The van der Waals surface area contributed by atoms with E-state index in [1.807, 2.05) is 13.0 Å². The van der Waals surface area contributed by atoms with Crippen LogP contribution in [-0.4, -0.2) is 28.8 Å². The van der Waals surface area contributed by atoms with Crippen molar-refractivity contribution in [1.29, 1.82) is 0 Å².